The van der Waals surface area contributed by atoms with Gasteiger partial charge in [0.25, 0.3) is 5.91 Å². The number of hydrazine groups is 1. The molecule has 0 unspecified atom stereocenters. The van der Waals surface area contributed by atoms with Crippen LogP contribution in [0.15, 0.2) is 71.5 Å². The second kappa shape index (κ2) is 10.6. The minimum Gasteiger partial charge on any atom is -0.497 e. The van der Waals surface area contributed by atoms with Crippen LogP contribution in [-0.4, -0.2) is 40.5 Å². The number of pyridine rings is 1. The van der Waals surface area contributed by atoms with E-state index in [1.807, 2.05) is 6.07 Å². The van der Waals surface area contributed by atoms with E-state index in [2.05, 4.69) is 25.8 Å². The highest BCUT2D eigenvalue weighted by Crippen LogP contribution is 2.28. The molecule has 0 bridgehead atoms. The number of ether oxygens (including phenoxy) is 2. The summed E-state index contributed by atoms with van der Waals surface area (Å²) in [7, 11) is 1.54. The predicted molar refractivity (Wildman–Crippen MR) is 148 cm³/mol. The van der Waals surface area contributed by atoms with Crippen LogP contribution in [0.25, 0.3) is 33.1 Å². The Balaban J connectivity index is 1.50. The monoisotopic (exact) mass is 523 g/mol. The van der Waals surface area contributed by atoms with E-state index in [4.69, 9.17) is 9.47 Å². The zero-order chi connectivity index (χ0) is 27.5. The Labute approximate surface area is 223 Å². The molecule has 10 heteroatoms. The molecule has 0 aliphatic carbocycles. The van der Waals surface area contributed by atoms with Gasteiger partial charge in [0.15, 0.2) is 5.43 Å². The average Bonchev–Trinajstić information content (AvgIpc) is 2.95. The molecule has 5 aromatic rings. The summed E-state index contributed by atoms with van der Waals surface area (Å²) in [5, 5.41) is 0.934. The molecule has 0 fully saturated rings. The number of rotatable bonds is 7. The number of nitrogens with zero attached hydrogens (tertiary/aromatic N) is 2. The molecule has 0 spiro atoms. The van der Waals surface area contributed by atoms with Crippen molar-refractivity contribution < 1.29 is 19.1 Å². The first-order valence-electron chi connectivity index (χ1n) is 12.2. The summed E-state index contributed by atoms with van der Waals surface area (Å²) in [6.07, 6.45) is 0. The molecule has 0 aliphatic rings. The smallest absolute Gasteiger partial charge is 0.342 e. The molecular weight excluding hydrogens is 498 g/mol. The molecule has 0 atom stereocenters. The third-order valence-corrected chi connectivity index (χ3v) is 6.19. The summed E-state index contributed by atoms with van der Waals surface area (Å²) >= 11 is 0. The van der Waals surface area contributed by atoms with Crippen LogP contribution in [-0.2, 0) is 4.74 Å². The van der Waals surface area contributed by atoms with E-state index in [9.17, 15) is 14.4 Å². The highest BCUT2D eigenvalue weighted by Gasteiger charge is 2.22. The Morgan fingerprint density at radius 3 is 2.54 bits per heavy atom. The molecule has 2 aromatic heterocycles. The van der Waals surface area contributed by atoms with Crippen molar-refractivity contribution in [2.75, 3.05) is 19.1 Å². The second-order valence-electron chi connectivity index (χ2n) is 8.62. The van der Waals surface area contributed by atoms with Crippen molar-refractivity contribution in [3.8, 4) is 17.0 Å². The van der Waals surface area contributed by atoms with Crippen molar-refractivity contribution >= 4 is 39.6 Å². The lowest BCUT2D eigenvalue weighted by Gasteiger charge is -2.15. The quantitative estimate of drug-likeness (QED) is 0.162. The number of anilines is 1. The first-order valence-corrected chi connectivity index (χ1v) is 12.2. The Morgan fingerprint density at radius 2 is 1.74 bits per heavy atom. The molecule has 3 aromatic carbocycles. The van der Waals surface area contributed by atoms with Crippen LogP contribution in [0.3, 0.4) is 0 Å². The number of methoxy groups -OCH3 is 1. The van der Waals surface area contributed by atoms with E-state index in [0.717, 1.165) is 0 Å². The Kier molecular flexibility index (Phi) is 6.92. The van der Waals surface area contributed by atoms with E-state index in [0.29, 0.717) is 44.5 Å². The van der Waals surface area contributed by atoms with Gasteiger partial charge in [0.2, 0.25) is 5.95 Å². The van der Waals surface area contributed by atoms with Gasteiger partial charge in [-0.25, -0.2) is 14.8 Å². The van der Waals surface area contributed by atoms with Gasteiger partial charge >= 0.3 is 5.97 Å². The van der Waals surface area contributed by atoms with E-state index in [1.165, 1.54) is 0 Å². The number of benzene rings is 3. The summed E-state index contributed by atoms with van der Waals surface area (Å²) in [6.45, 7) is 3.56. The summed E-state index contributed by atoms with van der Waals surface area (Å²) in [5.74, 6) is -0.426. The molecule has 3 N–H and O–H groups in total. The van der Waals surface area contributed by atoms with Crippen LogP contribution in [0.1, 0.15) is 33.3 Å². The van der Waals surface area contributed by atoms with Gasteiger partial charge in [-0.05, 0) is 50.2 Å². The number of carbonyl (C=O) groups excluding carboxylic acids is 2. The normalized spacial score (nSPS) is 10.8. The van der Waals surface area contributed by atoms with Gasteiger partial charge in [0, 0.05) is 21.9 Å². The van der Waals surface area contributed by atoms with E-state index in [-0.39, 0.29) is 29.1 Å². The average molecular weight is 524 g/mol. The minimum atomic E-state index is -0.560. The third-order valence-electron chi connectivity index (χ3n) is 6.19. The third kappa shape index (κ3) is 4.87. The molecule has 39 heavy (non-hydrogen) atoms. The maximum atomic E-state index is 13.2. The number of fused-ring (bicyclic) bond motifs is 2. The molecule has 0 saturated heterocycles. The summed E-state index contributed by atoms with van der Waals surface area (Å²) in [5.41, 5.74) is 7.96. The van der Waals surface area contributed by atoms with Crippen molar-refractivity contribution in [3.05, 3.63) is 93.8 Å². The molecule has 2 heterocycles. The van der Waals surface area contributed by atoms with Gasteiger partial charge in [-0.3, -0.25) is 20.4 Å². The van der Waals surface area contributed by atoms with Gasteiger partial charge in [-0.1, -0.05) is 30.3 Å². The van der Waals surface area contributed by atoms with Crippen molar-refractivity contribution in [2.24, 2.45) is 0 Å². The standard InChI is InChI=1S/C29H25N5O5/c1-4-39-28(37)23-16(2)30-29(32-24(23)17-9-7-10-18(15-17)38-3)34-33-27(36)21-13-8-12-20-25(21)31-22-14-6-5-11-19(22)26(20)35/h5-15H,4H2,1-3H3,(H,31,35)(H,33,36)(H,30,32,34). The molecule has 5 rings (SSSR count). The Morgan fingerprint density at radius 1 is 0.974 bits per heavy atom. The number of nitrogens with one attached hydrogen (secondary N) is 3. The molecule has 0 saturated carbocycles. The summed E-state index contributed by atoms with van der Waals surface area (Å²) < 4.78 is 10.6. The number of aromatic amines is 1. The zero-order valence-corrected chi connectivity index (χ0v) is 21.5. The first-order chi connectivity index (χ1) is 18.9. The van der Waals surface area contributed by atoms with Gasteiger partial charge in [-0.15, -0.1) is 0 Å². The number of hydrogen-bond acceptors (Lipinski definition) is 8. The second-order valence-corrected chi connectivity index (χ2v) is 8.62. The Bertz CT molecular complexity index is 1800. The van der Waals surface area contributed by atoms with E-state index in [1.54, 1.807) is 81.6 Å². The number of esters is 1. The molecular formula is C29H25N5O5. The molecule has 1 amide bonds. The number of H-pyrrole nitrogens is 1. The largest absolute Gasteiger partial charge is 0.497 e. The van der Waals surface area contributed by atoms with Crippen LogP contribution in [0.4, 0.5) is 5.95 Å². The fourth-order valence-corrected chi connectivity index (χ4v) is 4.37. The number of hydrogen-bond donors (Lipinski definition) is 3. The summed E-state index contributed by atoms with van der Waals surface area (Å²) in [4.78, 5) is 51.1. The van der Waals surface area contributed by atoms with Crippen molar-refractivity contribution in [1.29, 1.82) is 0 Å². The lowest BCUT2D eigenvalue weighted by Crippen LogP contribution is -2.31. The summed E-state index contributed by atoms with van der Waals surface area (Å²) in [6, 6.07) is 19.1. The van der Waals surface area contributed by atoms with Gasteiger partial charge in [0.1, 0.15) is 11.3 Å². The minimum absolute atomic E-state index is 0.0610. The van der Waals surface area contributed by atoms with E-state index < -0.39 is 11.9 Å². The molecule has 196 valence electrons. The highest BCUT2D eigenvalue weighted by molar-refractivity contribution is 6.08. The maximum absolute atomic E-state index is 13.2. The predicted octanol–water partition coefficient (Wildman–Crippen LogP) is 4.39. The lowest BCUT2D eigenvalue weighted by molar-refractivity contribution is 0.0525. The number of carbonyl (C=O) groups is 2. The van der Waals surface area contributed by atoms with Crippen molar-refractivity contribution in [3.63, 3.8) is 0 Å². The van der Waals surface area contributed by atoms with Gasteiger partial charge in [-0.2, -0.15) is 0 Å². The number of aromatic nitrogens is 3. The van der Waals surface area contributed by atoms with Gasteiger partial charge in [0.05, 0.1) is 36.2 Å². The van der Waals surface area contributed by atoms with Crippen molar-refractivity contribution in [2.45, 2.75) is 13.8 Å². The van der Waals surface area contributed by atoms with E-state index >= 15 is 0 Å². The van der Waals surface area contributed by atoms with Crippen LogP contribution in [0, 0.1) is 6.92 Å². The SMILES string of the molecule is CCOC(=O)c1c(C)nc(NNC(=O)c2cccc3c(=O)c4ccccc4[nH]c23)nc1-c1cccc(OC)c1. The molecule has 10 nitrogen and oxygen atoms in total. The highest BCUT2D eigenvalue weighted by atomic mass is 16.5. The van der Waals surface area contributed by atoms with Crippen LogP contribution in [0.2, 0.25) is 0 Å². The molecule has 0 aliphatic heterocycles. The van der Waals surface area contributed by atoms with Gasteiger partial charge < -0.3 is 14.5 Å². The first kappa shape index (κ1) is 25.4. The molecule has 0 radical (unpaired) electrons. The fourth-order valence-electron chi connectivity index (χ4n) is 4.37. The van der Waals surface area contributed by atoms with Crippen LogP contribution >= 0.6 is 0 Å². The number of para-hydroxylation sites is 2. The zero-order valence-electron chi connectivity index (χ0n) is 21.5. The van der Waals surface area contributed by atoms with Crippen LogP contribution < -0.4 is 21.0 Å². The maximum Gasteiger partial charge on any atom is 0.342 e. The fraction of sp³-hybridized carbons (Fsp3) is 0.138. The number of amides is 1. The topological polar surface area (TPSA) is 135 Å². The lowest BCUT2D eigenvalue weighted by atomic mass is 10.0. The van der Waals surface area contributed by atoms with Crippen LogP contribution in [0.5, 0.6) is 5.75 Å². The Hall–Kier alpha value is -5.25. The van der Waals surface area contributed by atoms with Crippen molar-refractivity contribution in [1.82, 2.24) is 20.4 Å². The number of aryl methyl sites for hydroxylation is 1.